The number of amides is 1. The lowest BCUT2D eigenvalue weighted by molar-refractivity contribution is -0.139. The maximum Gasteiger partial charge on any atom is 0.412 e. The number of hydrogen-bond acceptors (Lipinski definition) is 8. The van der Waals surface area contributed by atoms with E-state index in [1.165, 1.54) is 11.5 Å². The lowest BCUT2D eigenvalue weighted by Gasteiger charge is -2.14. The molecule has 2 aromatic carbocycles. The van der Waals surface area contributed by atoms with Gasteiger partial charge in [-0.2, -0.15) is 4.37 Å². The van der Waals surface area contributed by atoms with Gasteiger partial charge in [0, 0.05) is 19.0 Å². The van der Waals surface area contributed by atoms with Crippen molar-refractivity contribution >= 4 is 82.8 Å². The summed E-state index contributed by atoms with van der Waals surface area (Å²) in [5, 5.41) is 15.8. The van der Waals surface area contributed by atoms with Crippen molar-refractivity contribution < 1.29 is 19.4 Å². The molecule has 10 heteroatoms. The van der Waals surface area contributed by atoms with Crippen molar-refractivity contribution in [2.24, 2.45) is 0 Å². The minimum absolute atomic E-state index is 0.375. The zero-order valence-electron chi connectivity index (χ0n) is 22.1. The molecule has 0 radical (unpaired) electrons. The highest BCUT2D eigenvalue weighted by molar-refractivity contribution is 7.32. The van der Waals surface area contributed by atoms with Crippen LogP contribution in [0.4, 0.5) is 10.5 Å². The van der Waals surface area contributed by atoms with Gasteiger partial charge in [-0.25, -0.2) is 4.79 Å². The Morgan fingerprint density at radius 1 is 1.00 bits per heavy atom. The van der Waals surface area contributed by atoms with Gasteiger partial charge in [-0.1, -0.05) is 36.4 Å². The van der Waals surface area contributed by atoms with Crippen LogP contribution < -0.4 is 5.32 Å². The Bertz CT molecular complexity index is 1910. The van der Waals surface area contributed by atoms with Crippen LogP contribution in [-0.2, 0) is 14.9 Å². The molecule has 0 bridgehead atoms. The number of hydrogen-bond donors (Lipinski definition) is 2. The zero-order chi connectivity index (χ0) is 28.3. The second-order valence-electron chi connectivity index (χ2n) is 10.3. The number of aryl methyl sites for hydroxylation is 1. The monoisotopic (exact) mass is 616 g/mol. The number of carbonyl (C=O) groups excluding carboxylic acids is 1. The van der Waals surface area contributed by atoms with E-state index in [9.17, 15) is 14.7 Å². The van der Waals surface area contributed by atoms with Gasteiger partial charge in [-0.15, -0.1) is 34.0 Å². The molecule has 1 atom stereocenters. The van der Waals surface area contributed by atoms with E-state index in [1.54, 1.807) is 34.0 Å². The summed E-state index contributed by atoms with van der Waals surface area (Å²) in [4.78, 5) is 27.9. The van der Waals surface area contributed by atoms with E-state index < -0.39 is 17.5 Å². The highest BCUT2D eigenvalue weighted by atomic mass is 32.1. The molecule has 2 N–H and O–H groups in total. The molecule has 1 fully saturated rings. The van der Waals surface area contributed by atoms with Gasteiger partial charge in [-0.3, -0.25) is 10.1 Å². The van der Waals surface area contributed by atoms with Gasteiger partial charge in [0.2, 0.25) is 0 Å². The fraction of sp³-hybridized carbons (Fsp3) is 0.194. The number of thiophene rings is 3. The Balaban J connectivity index is 1.14. The molecule has 0 spiro atoms. The number of rotatable bonds is 7. The average molecular weight is 617 g/mol. The Kier molecular flexibility index (Phi) is 6.46. The van der Waals surface area contributed by atoms with Crippen LogP contribution in [0.25, 0.3) is 39.7 Å². The second-order valence-corrected chi connectivity index (χ2v) is 14.1. The molecule has 6 nitrogen and oxygen atoms in total. The molecule has 1 aliphatic rings. The molecule has 4 heterocycles. The van der Waals surface area contributed by atoms with Crippen LogP contribution in [0.2, 0.25) is 0 Å². The molecule has 0 unspecified atom stereocenters. The molecule has 41 heavy (non-hydrogen) atoms. The SMILES string of the molecule is Cc1nsc(-c2cc3sc(-c4ccc5scc(C6(C(=O)O)CC6)c5c4)cc3s2)c1NC(=O)O[C@H](C)c1ccccc1. The van der Waals surface area contributed by atoms with Crippen molar-refractivity contribution in [2.45, 2.75) is 38.2 Å². The Morgan fingerprint density at radius 3 is 2.46 bits per heavy atom. The van der Waals surface area contributed by atoms with Crippen molar-refractivity contribution in [3.05, 3.63) is 82.9 Å². The lowest BCUT2D eigenvalue weighted by atomic mass is 9.95. The molecule has 0 aliphatic heterocycles. The molecule has 6 aromatic rings. The molecule has 1 amide bonds. The maximum atomic E-state index is 12.8. The first kappa shape index (κ1) is 26.3. The smallest absolute Gasteiger partial charge is 0.412 e. The summed E-state index contributed by atoms with van der Waals surface area (Å²) in [5.41, 5.74) is 3.69. The van der Waals surface area contributed by atoms with E-state index in [0.717, 1.165) is 56.5 Å². The van der Waals surface area contributed by atoms with Gasteiger partial charge in [0.05, 0.1) is 26.6 Å². The number of aromatic nitrogens is 1. The van der Waals surface area contributed by atoms with Gasteiger partial charge < -0.3 is 9.84 Å². The summed E-state index contributed by atoms with van der Waals surface area (Å²) in [6.45, 7) is 3.74. The number of nitrogens with zero attached hydrogens (tertiary/aromatic N) is 1. The number of benzene rings is 2. The zero-order valence-corrected chi connectivity index (χ0v) is 25.4. The summed E-state index contributed by atoms with van der Waals surface area (Å²) in [6, 6.07) is 20.4. The Labute approximate surface area is 252 Å². The van der Waals surface area contributed by atoms with Crippen molar-refractivity contribution in [1.29, 1.82) is 0 Å². The first-order valence-electron chi connectivity index (χ1n) is 13.1. The summed E-state index contributed by atoms with van der Waals surface area (Å²) in [5.74, 6) is -0.724. The average Bonchev–Trinajstić information content (AvgIpc) is 3.21. The quantitative estimate of drug-likeness (QED) is 0.186. The van der Waals surface area contributed by atoms with Crippen LogP contribution in [-0.4, -0.2) is 21.5 Å². The Morgan fingerprint density at radius 2 is 1.73 bits per heavy atom. The van der Waals surface area contributed by atoms with Crippen LogP contribution in [0.1, 0.15) is 42.7 Å². The number of carboxylic acids is 1. The summed E-state index contributed by atoms with van der Waals surface area (Å²) in [6.07, 6.45) is 0.521. The third kappa shape index (κ3) is 4.64. The number of carboxylic acid groups (broad SMARTS) is 1. The third-order valence-corrected chi connectivity index (χ3v) is 12.0. The third-order valence-electron chi connectivity index (χ3n) is 7.61. The van der Waals surface area contributed by atoms with Crippen molar-refractivity contribution in [3.8, 4) is 20.2 Å². The van der Waals surface area contributed by atoms with E-state index in [1.807, 2.05) is 49.6 Å². The van der Waals surface area contributed by atoms with E-state index in [4.69, 9.17) is 4.74 Å². The molecular formula is C31H24N2O4S4. The van der Waals surface area contributed by atoms with Gasteiger partial charge in [0.1, 0.15) is 6.10 Å². The number of aliphatic carboxylic acids is 1. The van der Waals surface area contributed by atoms with E-state index >= 15 is 0 Å². The Hall–Kier alpha value is -3.57. The summed E-state index contributed by atoms with van der Waals surface area (Å²) < 4.78 is 13.6. The number of anilines is 1. The number of carbonyl (C=O) groups is 2. The standard InChI is InChI=1S/C31H24N2O4S4/c1-16-27(32-30(36)37-17(2)18-6-4-3-5-7-18)28(41-33-16)26-14-25-24(40-26)13-23(39-25)19-8-9-22-20(12-19)21(15-38-22)31(10-11-31)29(34)35/h3-9,12-15,17H,10-11H2,1-2H3,(H,32,36)(H,34,35)/t17-/m1/s1. The van der Waals surface area contributed by atoms with Gasteiger partial charge in [-0.05, 0) is 89.9 Å². The molecule has 7 rings (SSSR count). The van der Waals surface area contributed by atoms with Crippen LogP contribution in [0.5, 0.6) is 0 Å². The summed E-state index contributed by atoms with van der Waals surface area (Å²) in [7, 11) is 0. The van der Waals surface area contributed by atoms with E-state index in [0.29, 0.717) is 18.5 Å². The van der Waals surface area contributed by atoms with Crippen LogP contribution in [0, 0.1) is 6.92 Å². The first-order valence-corrected chi connectivity index (χ1v) is 16.4. The number of ether oxygens (including phenoxy) is 1. The highest BCUT2D eigenvalue weighted by Crippen LogP contribution is 2.53. The van der Waals surface area contributed by atoms with E-state index in [-0.39, 0.29) is 6.10 Å². The predicted molar refractivity (Wildman–Crippen MR) is 170 cm³/mol. The van der Waals surface area contributed by atoms with Crippen molar-refractivity contribution in [3.63, 3.8) is 0 Å². The molecule has 0 saturated heterocycles. The lowest BCUT2D eigenvalue weighted by Crippen LogP contribution is -2.18. The number of fused-ring (bicyclic) bond motifs is 2. The molecular weight excluding hydrogens is 593 g/mol. The minimum Gasteiger partial charge on any atom is -0.481 e. The topological polar surface area (TPSA) is 88.5 Å². The largest absolute Gasteiger partial charge is 0.481 e. The van der Waals surface area contributed by atoms with Crippen molar-refractivity contribution in [2.75, 3.05) is 5.32 Å². The molecule has 1 aliphatic carbocycles. The summed E-state index contributed by atoms with van der Waals surface area (Å²) >= 11 is 6.37. The molecule has 4 aromatic heterocycles. The maximum absolute atomic E-state index is 12.8. The number of nitrogens with one attached hydrogen (secondary N) is 1. The minimum atomic E-state index is -0.724. The van der Waals surface area contributed by atoms with Gasteiger partial charge >= 0.3 is 12.1 Å². The second kappa shape index (κ2) is 10.1. The predicted octanol–water partition coefficient (Wildman–Crippen LogP) is 9.70. The molecule has 206 valence electrons. The fourth-order valence-corrected chi connectivity index (χ4v) is 9.51. The van der Waals surface area contributed by atoms with Gasteiger partial charge in [0.25, 0.3) is 0 Å². The van der Waals surface area contributed by atoms with Crippen LogP contribution in [0.15, 0.2) is 66.0 Å². The van der Waals surface area contributed by atoms with Gasteiger partial charge in [0.15, 0.2) is 0 Å². The highest BCUT2D eigenvalue weighted by Gasteiger charge is 2.52. The normalized spacial score (nSPS) is 14.8. The first-order chi connectivity index (χ1) is 19.8. The fourth-order valence-electron chi connectivity index (χ4n) is 5.14. The van der Waals surface area contributed by atoms with Crippen molar-refractivity contribution in [1.82, 2.24) is 4.37 Å². The van der Waals surface area contributed by atoms with Crippen LogP contribution in [0.3, 0.4) is 0 Å². The van der Waals surface area contributed by atoms with E-state index in [2.05, 4.69) is 40.0 Å². The van der Waals surface area contributed by atoms with Crippen LogP contribution >= 0.6 is 45.5 Å². The molecule has 1 saturated carbocycles.